The molecular weight excluding hydrogens is 214 g/mol. The van der Waals surface area contributed by atoms with E-state index in [0.29, 0.717) is 17.4 Å². The predicted octanol–water partition coefficient (Wildman–Crippen LogP) is 1.27. The lowest BCUT2D eigenvalue weighted by Crippen LogP contribution is -2.07. The molecule has 0 amide bonds. The number of hydrogen-bond acceptors (Lipinski definition) is 4. The first kappa shape index (κ1) is 9.92. The monoisotopic (exact) mass is 223 g/mol. The van der Waals surface area contributed by atoms with Crippen LogP contribution in [-0.2, 0) is 6.54 Å². The van der Waals surface area contributed by atoms with Gasteiger partial charge in [-0.3, -0.25) is 0 Å². The zero-order valence-electron chi connectivity index (χ0n) is 8.18. The standard InChI is InChI=1S/C9H10ClN5/c1-6-8(10)9(11)15(14-6)4-7-2-3-12-5-13-7/h2-3,5H,4,11H2,1H3. The molecule has 15 heavy (non-hydrogen) atoms. The average molecular weight is 224 g/mol. The molecule has 2 aromatic heterocycles. The van der Waals surface area contributed by atoms with Gasteiger partial charge in [-0.25, -0.2) is 14.6 Å². The largest absolute Gasteiger partial charge is 0.383 e. The van der Waals surface area contributed by atoms with Crippen LogP contribution in [0.5, 0.6) is 0 Å². The Morgan fingerprint density at radius 3 is 2.87 bits per heavy atom. The highest BCUT2D eigenvalue weighted by molar-refractivity contribution is 6.33. The second-order valence-electron chi connectivity index (χ2n) is 3.14. The highest BCUT2D eigenvalue weighted by atomic mass is 35.5. The molecule has 5 nitrogen and oxygen atoms in total. The summed E-state index contributed by atoms with van der Waals surface area (Å²) in [5.74, 6) is 0.466. The van der Waals surface area contributed by atoms with Crippen LogP contribution in [-0.4, -0.2) is 19.7 Å². The minimum Gasteiger partial charge on any atom is -0.383 e. The summed E-state index contributed by atoms with van der Waals surface area (Å²) in [6, 6.07) is 1.81. The van der Waals surface area contributed by atoms with Crippen LogP contribution in [0.15, 0.2) is 18.6 Å². The number of halogens is 1. The number of rotatable bonds is 2. The number of nitrogens with two attached hydrogens (primary N) is 1. The smallest absolute Gasteiger partial charge is 0.141 e. The lowest BCUT2D eigenvalue weighted by atomic mass is 10.4. The zero-order valence-corrected chi connectivity index (χ0v) is 8.94. The topological polar surface area (TPSA) is 69.6 Å². The van der Waals surface area contributed by atoms with E-state index in [4.69, 9.17) is 17.3 Å². The Morgan fingerprint density at radius 1 is 1.53 bits per heavy atom. The fourth-order valence-corrected chi connectivity index (χ4v) is 1.40. The average Bonchev–Trinajstić information content (AvgIpc) is 2.48. The Balaban J connectivity index is 2.29. The third kappa shape index (κ3) is 1.92. The van der Waals surface area contributed by atoms with Crippen LogP contribution in [0.25, 0.3) is 0 Å². The van der Waals surface area contributed by atoms with Crippen molar-refractivity contribution in [2.45, 2.75) is 13.5 Å². The number of hydrogen-bond donors (Lipinski definition) is 1. The van der Waals surface area contributed by atoms with E-state index in [2.05, 4.69) is 15.1 Å². The molecule has 2 aromatic rings. The fourth-order valence-electron chi connectivity index (χ4n) is 1.26. The molecule has 2 heterocycles. The van der Waals surface area contributed by atoms with E-state index in [1.54, 1.807) is 10.9 Å². The molecule has 2 N–H and O–H groups in total. The second kappa shape index (κ2) is 3.86. The summed E-state index contributed by atoms with van der Waals surface area (Å²) in [7, 11) is 0. The van der Waals surface area contributed by atoms with Gasteiger partial charge in [-0.05, 0) is 13.0 Å². The maximum Gasteiger partial charge on any atom is 0.141 e. The second-order valence-corrected chi connectivity index (χ2v) is 3.52. The predicted molar refractivity (Wildman–Crippen MR) is 57.5 cm³/mol. The molecule has 2 rings (SSSR count). The molecule has 0 aliphatic carbocycles. The number of aryl methyl sites for hydroxylation is 1. The fraction of sp³-hybridized carbons (Fsp3) is 0.222. The van der Waals surface area contributed by atoms with E-state index in [9.17, 15) is 0 Å². The van der Waals surface area contributed by atoms with Gasteiger partial charge >= 0.3 is 0 Å². The summed E-state index contributed by atoms with van der Waals surface area (Å²) >= 11 is 5.92. The molecule has 0 saturated heterocycles. The molecule has 6 heteroatoms. The van der Waals surface area contributed by atoms with E-state index >= 15 is 0 Å². The summed E-state index contributed by atoms with van der Waals surface area (Å²) in [5.41, 5.74) is 7.34. The first-order chi connectivity index (χ1) is 7.18. The van der Waals surface area contributed by atoms with Crippen molar-refractivity contribution in [2.24, 2.45) is 0 Å². The Hall–Kier alpha value is -1.62. The van der Waals surface area contributed by atoms with E-state index in [0.717, 1.165) is 11.4 Å². The van der Waals surface area contributed by atoms with Crippen LogP contribution in [0.2, 0.25) is 5.02 Å². The van der Waals surface area contributed by atoms with Gasteiger partial charge in [0.2, 0.25) is 0 Å². The van der Waals surface area contributed by atoms with Gasteiger partial charge in [-0.1, -0.05) is 11.6 Å². The van der Waals surface area contributed by atoms with Crippen LogP contribution in [0.3, 0.4) is 0 Å². The van der Waals surface area contributed by atoms with E-state index in [1.807, 2.05) is 13.0 Å². The van der Waals surface area contributed by atoms with E-state index in [1.165, 1.54) is 6.33 Å². The Bertz CT molecular complexity index is 465. The maximum absolute atomic E-state index is 5.92. The van der Waals surface area contributed by atoms with Gasteiger partial charge in [0.05, 0.1) is 17.9 Å². The molecule has 0 unspecified atom stereocenters. The SMILES string of the molecule is Cc1nn(Cc2ccncn2)c(N)c1Cl. The molecule has 0 fully saturated rings. The molecule has 0 aliphatic rings. The molecule has 0 bridgehead atoms. The van der Waals surface area contributed by atoms with E-state index in [-0.39, 0.29) is 0 Å². The van der Waals surface area contributed by atoms with Gasteiger partial charge in [0, 0.05) is 6.20 Å². The highest BCUT2D eigenvalue weighted by Gasteiger charge is 2.10. The molecule has 0 spiro atoms. The number of nitrogens with zero attached hydrogens (tertiary/aromatic N) is 4. The molecule has 78 valence electrons. The first-order valence-corrected chi connectivity index (χ1v) is 4.79. The first-order valence-electron chi connectivity index (χ1n) is 4.41. The van der Waals surface area contributed by atoms with Gasteiger partial charge in [-0.15, -0.1) is 0 Å². The summed E-state index contributed by atoms with van der Waals surface area (Å²) in [4.78, 5) is 7.92. The molecule has 0 atom stereocenters. The van der Waals surface area contributed by atoms with Gasteiger partial charge in [0.15, 0.2) is 0 Å². The quantitative estimate of drug-likeness (QED) is 0.832. The molecular formula is C9H10ClN5. The zero-order chi connectivity index (χ0) is 10.8. The van der Waals surface area contributed by atoms with Crippen LogP contribution in [0, 0.1) is 6.92 Å². The third-order valence-electron chi connectivity index (χ3n) is 2.05. The minimum atomic E-state index is 0.466. The summed E-state index contributed by atoms with van der Waals surface area (Å²) < 4.78 is 1.62. The summed E-state index contributed by atoms with van der Waals surface area (Å²) in [5, 5.41) is 4.71. The number of anilines is 1. The van der Waals surface area contributed by atoms with Crippen molar-refractivity contribution < 1.29 is 0 Å². The van der Waals surface area contributed by atoms with Gasteiger partial charge in [0.25, 0.3) is 0 Å². The number of nitrogen functional groups attached to an aromatic ring is 1. The van der Waals surface area contributed by atoms with Crippen LogP contribution >= 0.6 is 11.6 Å². The molecule has 0 aliphatic heterocycles. The van der Waals surface area contributed by atoms with Crippen LogP contribution in [0.4, 0.5) is 5.82 Å². The van der Waals surface area contributed by atoms with Crippen molar-refractivity contribution in [3.63, 3.8) is 0 Å². The Labute approximate surface area is 91.9 Å². The van der Waals surface area contributed by atoms with Gasteiger partial charge in [-0.2, -0.15) is 5.10 Å². The third-order valence-corrected chi connectivity index (χ3v) is 2.51. The van der Waals surface area contributed by atoms with Crippen LogP contribution in [0.1, 0.15) is 11.4 Å². The van der Waals surface area contributed by atoms with Crippen molar-refractivity contribution in [3.8, 4) is 0 Å². The summed E-state index contributed by atoms with van der Waals surface area (Å²) in [6.45, 7) is 2.32. The maximum atomic E-state index is 5.92. The lowest BCUT2D eigenvalue weighted by Gasteiger charge is -2.02. The normalized spacial score (nSPS) is 10.5. The molecule has 0 aromatic carbocycles. The molecule has 0 radical (unpaired) electrons. The van der Waals surface area contributed by atoms with Gasteiger partial charge < -0.3 is 5.73 Å². The van der Waals surface area contributed by atoms with Crippen molar-refractivity contribution in [2.75, 3.05) is 5.73 Å². The van der Waals surface area contributed by atoms with Crippen molar-refractivity contribution in [1.82, 2.24) is 19.7 Å². The van der Waals surface area contributed by atoms with Crippen molar-refractivity contribution >= 4 is 17.4 Å². The van der Waals surface area contributed by atoms with Gasteiger partial charge in [0.1, 0.15) is 17.2 Å². The van der Waals surface area contributed by atoms with E-state index < -0.39 is 0 Å². The highest BCUT2D eigenvalue weighted by Crippen LogP contribution is 2.22. The number of aromatic nitrogens is 4. The lowest BCUT2D eigenvalue weighted by molar-refractivity contribution is 0.673. The minimum absolute atomic E-state index is 0.466. The van der Waals surface area contributed by atoms with Crippen molar-refractivity contribution in [1.29, 1.82) is 0 Å². The molecule has 0 saturated carbocycles. The summed E-state index contributed by atoms with van der Waals surface area (Å²) in [6.07, 6.45) is 3.17. The van der Waals surface area contributed by atoms with Crippen LogP contribution < -0.4 is 5.73 Å². The van der Waals surface area contributed by atoms with Crippen molar-refractivity contribution in [3.05, 3.63) is 35.0 Å². The Kier molecular flexibility index (Phi) is 2.55. The Morgan fingerprint density at radius 2 is 2.33 bits per heavy atom.